The highest BCUT2D eigenvalue weighted by atomic mass is 16.4. The SMILES string of the molecule is NCCCCC(=O)NCC1(C(=O)O)CCCCC1. The minimum absolute atomic E-state index is 0.0605. The number of nitrogens with one attached hydrogen (secondary N) is 1. The number of carbonyl (C=O) groups is 2. The van der Waals surface area contributed by atoms with Gasteiger partial charge in [-0.15, -0.1) is 0 Å². The number of carbonyl (C=O) groups excluding carboxylic acids is 1. The molecule has 1 saturated carbocycles. The number of amides is 1. The fourth-order valence-electron chi connectivity index (χ4n) is 2.48. The van der Waals surface area contributed by atoms with Crippen molar-refractivity contribution in [1.82, 2.24) is 5.32 Å². The van der Waals surface area contributed by atoms with Crippen LogP contribution in [0.1, 0.15) is 51.4 Å². The third-order valence-electron chi connectivity index (χ3n) is 3.75. The van der Waals surface area contributed by atoms with E-state index in [1.54, 1.807) is 0 Å². The smallest absolute Gasteiger partial charge is 0.311 e. The fraction of sp³-hybridized carbons (Fsp3) is 0.846. The molecule has 0 aromatic rings. The van der Waals surface area contributed by atoms with Crippen LogP contribution < -0.4 is 11.1 Å². The molecule has 1 rings (SSSR count). The summed E-state index contributed by atoms with van der Waals surface area (Å²) in [6.07, 6.45) is 6.35. The first-order valence-electron chi connectivity index (χ1n) is 6.81. The molecule has 0 aromatic carbocycles. The van der Waals surface area contributed by atoms with Crippen LogP contribution >= 0.6 is 0 Å². The van der Waals surface area contributed by atoms with Crippen molar-refractivity contribution in [1.29, 1.82) is 0 Å². The molecule has 0 bridgehead atoms. The van der Waals surface area contributed by atoms with E-state index in [1.807, 2.05) is 0 Å². The van der Waals surface area contributed by atoms with Crippen LogP contribution in [0.4, 0.5) is 0 Å². The van der Waals surface area contributed by atoms with Crippen LogP contribution in [0.25, 0.3) is 0 Å². The number of hydrogen-bond acceptors (Lipinski definition) is 3. The lowest BCUT2D eigenvalue weighted by molar-refractivity contribution is -0.151. The van der Waals surface area contributed by atoms with E-state index in [-0.39, 0.29) is 12.5 Å². The molecule has 1 fully saturated rings. The van der Waals surface area contributed by atoms with Crippen molar-refractivity contribution >= 4 is 11.9 Å². The van der Waals surface area contributed by atoms with Crippen LogP contribution in [0, 0.1) is 5.41 Å². The average Bonchev–Trinajstić information content (AvgIpc) is 2.37. The van der Waals surface area contributed by atoms with Crippen LogP contribution in [-0.4, -0.2) is 30.1 Å². The Morgan fingerprint density at radius 3 is 2.39 bits per heavy atom. The summed E-state index contributed by atoms with van der Waals surface area (Å²) in [6.45, 7) is 0.857. The second kappa shape index (κ2) is 7.36. The Kier molecular flexibility index (Phi) is 6.12. The molecule has 0 aliphatic heterocycles. The average molecular weight is 256 g/mol. The van der Waals surface area contributed by atoms with Gasteiger partial charge < -0.3 is 16.2 Å². The highest BCUT2D eigenvalue weighted by molar-refractivity contribution is 5.79. The number of aliphatic carboxylic acids is 1. The Morgan fingerprint density at radius 1 is 1.17 bits per heavy atom. The third-order valence-corrected chi connectivity index (χ3v) is 3.75. The predicted octanol–water partition coefficient (Wildman–Crippen LogP) is 1.27. The van der Waals surface area contributed by atoms with Gasteiger partial charge in [-0.05, 0) is 32.2 Å². The minimum atomic E-state index is -0.774. The summed E-state index contributed by atoms with van der Waals surface area (Å²) in [5.74, 6) is -0.834. The van der Waals surface area contributed by atoms with Gasteiger partial charge in [0.05, 0.1) is 5.41 Å². The monoisotopic (exact) mass is 256 g/mol. The second-order valence-electron chi connectivity index (χ2n) is 5.17. The molecule has 18 heavy (non-hydrogen) atoms. The van der Waals surface area contributed by atoms with Crippen molar-refractivity contribution < 1.29 is 14.7 Å². The van der Waals surface area contributed by atoms with E-state index in [9.17, 15) is 14.7 Å². The van der Waals surface area contributed by atoms with Crippen molar-refractivity contribution in [3.63, 3.8) is 0 Å². The summed E-state index contributed by atoms with van der Waals surface area (Å²) in [6, 6.07) is 0. The molecule has 1 aliphatic carbocycles. The third kappa shape index (κ3) is 4.29. The van der Waals surface area contributed by atoms with Gasteiger partial charge in [0.1, 0.15) is 0 Å². The first-order chi connectivity index (χ1) is 8.60. The number of unbranched alkanes of at least 4 members (excludes halogenated alkanes) is 1. The molecular formula is C13H24N2O3. The molecule has 0 unspecified atom stereocenters. The van der Waals surface area contributed by atoms with E-state index in [0.717, 1.165) is 32.1 Å². The minimum Gasteiger partial charge on any atom is -0.481 e. The summed E-state index contributed by atoms with van der Waals surface area (Å²) in [5.41, 5.74) is 4.62. The Bertz CT molecular complexity index is 286. The molecule has 104 valence electrons. The Labute approximate surface area is 108 Å². The van der Waals surface area contributed by atoms with Gasteiger partial charge in [0, 0.05) is 13.0 Å². The molecule has 1 amide bonds. The Morgan fingerprint density at radius 2 is 1.83 bits per heavy atom. The first-order valence-corrected chi connectivity index (χ1v) is 6.81. The van der Waals surface area contributed by atoms with Crippen LogP contribution in [-0.2, 0) is 9.59 Å². The molecule has 0 atom stereocenters. The summed E-state index contributed by atoms with van der Waals surface area (Å²) < 4.78 is 0. The second-order valence-corrected chi connectivity index (χ2v) is 5.17. The van der Waals surface area contributed by atoms with Gasteiger partial charge in [-0.3, -0.25) is 9.59 Å². The zero-order valence-electron chi connectivity index (χ0n) is 10.9. The quantitative estimate of drug-likeness (QED) is 0.598. The van der Waals surface area contributed by atoms with Gasteiger partial charge in [0.2, 0.25) is 5.91 Å². The number of hydrogen-bond donors (Lipinski definition) is 3. The van der Waals surface area contributed by atoms with Crippen LogP contribution in [0.3, 0.4) is 0 Å². The summed E-state index contributed by atoms with van der Waals surface area (Å²) in [7, 11) is 0. The molecule has 0 spiro atoms. The number of carboxylic acid groups (broad SMARTS) is 1. The lowest BCUT2D eigenvalue weighted by atomic mass is 9.74. The molecule has 5 heteroatoms. The molecule has 1 aliphatic rings. The Hall–Kier alpha value is -1.10. The number of rotatable bonds is 7. The number of nitrogens with two attached hydrogens (primary N) is 1. The zero-order valence-corrected chi connectivity index (χ0v) is 10.9. The normalized spacial score (nSPS) is 18.3. The molecule has 0 aromatic heterocycles. The first kappa shape index (κ1) is 15.0. The van der Waals surface area contributed by atoms with Crippen molar-refractivity contribution in [3.05, 3.63) is 0 Å². The van der Waals surface area contributed by atoms with Gasteiger partial charge in [-0.25, -0.2) is 0 Å². The van der Waals surface area contributed by atoms with E-state index >= 15 is 0 Å². The van der Waals surface area contributed by atoms with E-state index in [1.165, 1.54) is 0 Å². The molecule has 4 N–H and O–H groups in total. The predicted molar refractivity (Wildman–Crippen MR) is 69.1 cm³/mol. The lowest BCUT2D eigenvalue weighted by Gasteiger charge is -2.33. The number of carboxylic acids is 1. The van der Waals surface area contributed by atoms with Gasteiger partial charge >= 0.3 is 5.97 Å². The molecule has 0 radical (unpaired) electrons. The van der Waals surface area contributed by atoms with Gasteiger partial charge in [-0.2, -0.15) is 0 Å². The Balaban J connectivity index is 2.38. The van der Waals surface area contributed by atoms with Crippen LogP contribution in [0.15, 0.2) is 0 Å². The lowest BCUT2D eigenvalue weighted by Crippen LogP contribution is -2.44. The fourth-order valence-corrected chi connectivity index (χ4v) is 2.48. The molecule has 5 nitrogen and oxygen atoms in total. The van der Waals surface area contributed by atoms with E-state index in [4.69, 9.17) is 5.73 Å². The molecule has 0 heterocycles. The molecular weight excluding hydrogens is 232 g/mol. The van der Waals surface area contributed by atoms with E-state index in [0.29, 0.717) is 25.8 Å². The largest absolute Gasteiger partial charge is 0.481 e. The van der Waals surface area contributed by atoms with Crippen LogP contribution in [0.2, 0.25) is 0 Å². The van der Waals surface area contributed by atoms with Gasteiger partial charge in [0.15, 0.2) is 0 Å². The van der Waals surface area contributed by atoms with Gasteiger partial charge in [-0.1, -0.05) is 19.3 Å². The summed E-state index contributed by atoms with van der Waals surface area (Å²) >= 11 is 0. The topological polar surface area (TPSA) is 92.4 Å². The van der Waals surface area contributed by atoms with E-state index < -0.39 is 11.4 Å². The molecule has 0 saturated heterocycles. The van der Waals surface area contributed by atoms with Crippen LogP contribution in [0.5, 0.6) is 0 Å². The standard InChI is InChI=1S/C13H24N2O3/c14-9-5-2-6-11(16)15-10-13(12(17)18)7-3-1-4-8-13/h1-10,14H2,(H,15,16)(H,17,18). The summed E-state index contributed by atoms with van der Waals surface area (Å²) in [4.78, 5) is 23.0. The van der Waals surface area contributed by atoms with Gasteiger partial charge in [0.25, 0.3) is 0 Å². The highest BCUT2D eigenvalue weighted by Crippen LogP contribution is 2.35. The summed E-state index contributed by atoms with van der Waals surface area (Å²) in [5, 5.41) is 12.1. The van der Waals surface area contributed by atoms with Crippen molar-refractivity contribution in [2.75, 3.05) is 13.1 Å². The van der Waals surface area contributed by atoms with Crippen molar-refractivity contribution in [2.45, 2.75) is 51.4 Å². The maximum Gasteiger partial charge on any atom is 0.311 e. The van der Waals surface area contributed by atoms with E-state index in [2.05, 4.69) is 5.32 Å². The maximum absolute atomic E-state index is 11.6. The maximum atomic E-state index is 11.6. The zero-order chi connectivity index (χ0) is 13.4. The van der Waals surface area contributed by atoms with Crippen molar-refractivity contribution in [2.24, 2.45) is 11.1 Å². The van der Waals surface area contributed by atoms with Crippen molar-refractivity contribution in [3.8, 4) is 0 Å². The highest BCUT2D eigenvalue weighted by Gasteiger charge is 2.39.